The van der Waals surface area contributed by atoms with E-state index in [0.29, 0.717) is 5.92 Å². The minimum atomic E-state index is 0.599. The lowest BCUT2D eigenvalue weighted by Gasteiger charge is -2.19. The normalized spacial score (nSPS) is 20.5. The fourth-order valence-electron chi connectivity index (χ4n) is 2.52. The molecule has 2 heterocycles. The summed E-state index contributed by atoms with van der Waals surface area (Å²) in [6.45, 7) is 6.50. The third-order valence-corrected chi connectivity index (χ3v) is 3.34. The molecule has 1 aliphatic rings. The third-order valence-electron chi connectivity index (χ3n) is 3.34. The van der Waals surface area contributed by atoms with Crippen molar-refractivity contribution in [2.75, 3.05) is 6.54 Å². The van der Waals surface area contributed by atoms with Crippen molar-refractivity contribution in [3.05, 3.63) is 35.0 Å². The smallest absolute Gasteiger partial charge is 0.0462 e. The SMILES string of the molecule is Cc1ccc2c3c([nH]c2c1)C(C)CNC3. The molecule has 78 valence electrons. The van der Waals surface area contributed by atoms with Gasteiger partial charge >= 0.3 is 0 Å². The number of nitrogens with one attached hydrogen (secondary N) is 2. The molecule has 0 saturated carbocycles. The van der Waals surface area contributed by atoms with E-state index in [4.69, 9.17) is 0 Å². The van der Waals surface area contributed by atoms with E-state index in [9.17, 15) is 0 Å². The molecule has 0 radical (unpaired) electrons. The maximum atomic E-state index is 3.57. The van der Waals surface area contributed by atoms with Gasteiger partial charge in [0, 0.05) is 35.6 Å². The van der Waals surface area contributed by atoms with E-state index in [1.807, 2.05) is 0 Å². The number of fused-ring (bicyclic) bond motifs is 3. The Hall–Kier alpha value is -1.28. The van der Waals surface area contributed by atoms with Gasteiger partial charge in [-0.3, -0.25) is 0 Å². The molecular weight excluding hydrogens is 184 g/mol. The molecule has 0 spiro atoms. The van der Waals surface area contributed by atoms with Crippen molar-refractivity contribution < 1.29 is 0 Å². The van der Waals surface area contributed by atoms with Gasteiger partial charge in [0.15, 0.2) is 0 Å². The van der Waals surface area contributed by atoms with Crippen LogP contribution in [0.5, 0.6) is 0 Å². The van der Waals surface area contributed by atoms with E-state index in [1.165, 1.54) is 27.7 Å². The van der Waals surface area contributed by atoms with E-state index in [1.54, 1.807) is 0 Å². The van der Waals surface area contributed by atoms with Crippen molar-refractivity contribution >= 4 is 10.9 Å². The first-order valence-corrected chi connectivity index (χ1v) is 5.57. The Morgan fingerprint density at radius 3 is 3.07 bits per heavy atom. The van der Waals surface area contributed by atoms with Crippen LogP contribution in [-0.2, 0) is 6.54 Å². The summed E-state index contributed by atoms with van der Waals surface area (Å²) >= 11 is 0. The van der Waals surface area contributed by atoms with Crippen LogP contribution in [0, 0.1) is 6.92 Å². The average Bonchev–Trinajstić information content (AvgIpc) is 2.57. The van der Waals surface area contributed by atoms with Gasteiger partial charge in [-0.1, -0.05) is 19.1 Å². The summed E-state index contributed by atoms with van der Waals surface area (Å²) in [5.74, 6) is 0.599. The molecule has 2 nitrogen and oxygen atoms in total. The van der Waals surface area contributed by atoms with Crippen molar-refractivity contribution in [2.45, 2.75) is 26.3 Å². The van der Waals surface area contributed by atoms with Crippen LogP contribution < -0.4 is 5.32 Å². The topological polar surface area (TPSA) is 27.8 Å². The molecule has 2 N–H and O–H groups in total. The first kappa shape index (κ1) is 8.98. The van der Waals surface area contributed by atoms with Crippen LogP contribution in [0.15, 0.2) is 18.2 Å². The first-order valence-electron chi connectivity index (χ1n) is 5.57. The molecule has 0 amide bonds. The highest BCUT2D eigenvalue weighted by Crippen LogP contribution is 2.30. The van der Waals surface area contributed by atoms with Crippen LogP contribution in [-0.4, -0.2) is 11.5 Å². The summed E-state index contributed by atoms with van der Waals surface area (Å²) in [5.41, 5.74) is 5.50. The standard InChI is InChI=1S/C13H16N2/c1-8-3-4-10-11-7-14-6-9(2)13(11)15-12(10)5-8/h3-5,9,14-15H,6-7H2,1-2H3. The van der Waals surface area contributed by atoms with Gasteiger partial charge in [-0.15, -0.1) is 0 Å². The maximum Gasteiger partial charge on any atom is 0.0462 e. The van der Waals surface area contributed by atoms with Crippen molar-refractivity contribution in [1.29, 1.82) is 0 Å². The van der Waals surface area contributed by atoms with Gasteiger partial charge in [0.1, 0.15) is 0 Å². The summed E-state index contributed by atoms with van der Waals surface area (Å²) in [7, 11) is 0. The molecule has 1 aromatic heterocycles. The van der Waals surface area contributed by atoms with Crippen LogP contribution in [0.25, 0.3) is 10.9 Å². The molecule has 1 aromatic carbocycles. The number of aryl methyl sites for hydroxylation is 1. The zero-order chi connectivity index (χ0) is 10.4. The average molecular weight is 200 g/mol. The minimum Gasteiger partial charge on any atom is -0.358 e. The Morgan fingerprint density at radius 2 is 2.20 bits per heavy atom. The molecule has 3 rings (SSSR count). The van der Waals surface area contributed by atoms with E-state index < -0.39 is 0 Å². The van der Waals surface area contributed by atoms with Crippen molar-refractivity contribution in [3.63, 3.8) is 0 Å². The zero-order valence-corrected chi connectivity index (χ0v) is 9.22. The molecule has 0 fully saturated rings. The Kier molecular flexibility index (Phi) is 1.86. The molecule has 2 heteroatoms. The van der Waals surface area contributed by atoms with Gasteiger partial charge in [-0.25, -0.2) is 0 Å². The van der Waals surface area contributed by atoms with Crippen molar-refractivity contribution in [2.24, 2.45) is 0 Å². The van der Waals surface area contributed by atoms with Crippen LogP contribution >= 0.6 is 0 Å². The monoisotopic (exact) mass is 200 g/mol. The molecule has 15 heavy (non-hydrogen) atoms. The Morgan fingerprint density at radius 1 is 1.33 bits per heavy atom. The molecule has 1 atom stereocenters. The highest BCUT2D eigenvalue weighted by Gasteiger charge is 2.20. The third kappa shape index (κ3) is 1.29. The van der Waals surface area contributed by atoms with E-state index in [-0.39, 0.29) is 0 Å². The van der Waals surface area contributed by atoms with E-state index >= 15 is 0 Å². The number of aromatic amines is 1. The molecule has 1 unspecified atom stereocenters. The zero-order valence-electron chi connectivity index (χ0n) is 9.22. The molecule has 2 aromatic rings. The second-order valence-corrected chi connectivity index (χ2v) is 4.60. The Balaban J connectivity index is 2.30. The number of H-pyrrole nitrogens is 1. The van der Waals surface area contributed by atoms with Gasteiger partial charge in [-0.05, 0) is 24.1 Å². The summed E-state index contributed by atoms with van der Waals surface area (Å²) in [6, 6.07) is 6.66. The van der Waals surface area contributed by atoms with Gasteiger partial charge < -0.3 is 10.3 Å². The second-order valence-electron chi connectivity index (χ2n) is 4.60. The van der Waals surface area contributed by atoms with Gasteiger partial charge in [0.05, 0.1) is 0 Å². The highest BCUT2D eigenvalue weighted by atomic mass is 14.9. The number of rotatable bonds is 0. The van der Waals surface area contributed by atoms with Crippen LogP contribution in [0.2, 0.25) is 0 Å². The van der Waals surface area contributed by atoms with Crippen molar-refractivity contribution in [1.82, 2.24) is 10.3 Å². The predicted molar refractivity (Wildman–Crippen MR) is 63.2 cm³/mol. The summed E-state index contributed by atoms with van der Waals surface area (Å²) in [6.07, 6.45) is 0. The molecular formula is C13H16N2. The summed E-state index contributed by atoms with van der Waals surface area (Å²) < 4.78 is 0. The molecule has 0 bridgehead atoms. The highest BCUT2D eigenvalue weighted by molar-refractivity contribution is 5.85. The Labute approximate surface area is 89.7 Å². The molecule has 0 saturated heterocycles. The Bertz CT molecular complexity index is 510. The molecule has 1 aliphatic heterocycles. The van der Waals surface area contributed by atoms with Crippen LogP contribution in [0.3, 0.4) is 0 Å². The fourth-order valence-corrected chi connectivity index (χ4v) is 2.52. The van der Waals surface area contributed by atoms with Crippen LogP contribution in [0.1, 0.15) is 29.7 Å². The van der Waals surface area contributed by atoms with Gasteiger partial charge in [-0.2, -0.15) is 0 Å². The minimum absolute atomic E-state index is 0.599. The quantitative estimate of drug-likeness (QED) is 0.672. The van der Waals surface area contributed by atoms with Crippen molar-refractivity contribution in [3.8, 4) is 0 Å². The number of hydrogen-bond donors (Lipinski definition) is 2. The largest absolute Gasteiger partial charge is 0.358 e. The fraction of sp³-hybridized carbons (Fsp3) is 0.385. The van der Waals surface area contributed by atoms with Crippen LogP contribution in [0.4, 0.5) is 0 Å². The lowest BCUT2D eigenvalue weighted by molar-refractivity contribution is 0.565. The lowest BCUT2D eigenvalue weighted by Crippen LogP contribution is -2.26. The lowest BCUT2D eigenvalue weighted by atomic mass is 9.98. The number of hydrogen-bond acceptors (Lipinski definition) is 1. The first-order chi connectivity index (χ1) is 7.25. The van der Waals surface area contributed by atoms with E-state index in [2.05, 4.69) is 42.3 Å². The van der Waals surface area contributed by atoms with E-state index in [0.717, 1.165) is 13.1 Å². The maximum absolute atomic E-state index is 3.57. The second kappa shape index (κ2) is 3.11. The summed E-state index contributed by atoms with van der Waals surface area (Å²) in [4.78, 5) is 3.57. The number of benzene rings is 1. The predicted octanol–water partition coefficient (Wildman–Crippen LogP) is 2.68. The summed E-state index contributed by atoms with van der Waals surface area (Å²) in [5, 5.41) is 4.85. The van der Waals surface area contributed by atoms with Gasteiger partial charge in [0.2, 0.25) is 0 Å². The number of aromatic nitrogens is 1. The molecule has 0 aliphatic carbocycles. The van der Waals surface area contributed by atoms with Gasteiger partial charge in [0.25, 0.3) is 0 Å².